The highest BCUT2D eigenvalue weighted by Crippen LogP contribution is 2.44. The molecule has 4 rings (SSSR count). The fourth-order valence-electron chi connectivity index (χ4n) is 4.39. The number of hydrogen-bond donors (Lipinski definition) is 2. The zero-order valence-corrected chi connectivity index (χ0v) is 19.1. The molecule has 34 heavy (non-hydrogen) atoms. The van der Waals surface area contributed by atoms with Crippen LogP contribution in [0.5, 0.6) is 11.5 Å². The van der Waals surface area contributed by atoms with Crippen LogP contribution < -0.4 is 14.8 Å². The Morgan fingerprint density at radius 3 is 2.18 bits per heavy atom. The normalized spacial score (nSPS) is 12.9. The highest BCUT2D eigenvalue weighted by atomic mass is 16.5. The third-order valence-corrected chi connectivity index (χ3v) is 6.15. The summed E-state index contributed by atoms with van der Waals surface area (Å²) in [6.07, 6.45) is -0.457. The summed E-state index contributed by atoms with van der Waals surface area (Å²) in [4.78, 5) is 24.3. The maximum atomic E-state index is 12.4. The number of nitrogens with one attached hydrogen (secondary N) is 1. The molecule has 0 bridgehead atoms. The maximum absolute atomic E-state index is 12.4. The van der Waals surface area contributed by atoms with E-state index in [9.17, 15) is 14.7 Å². The largest absolute Gasteiger partial charge is 0.497 e. The Bertz CT molecular complexity index is 1150. The lowest BCUT2D eigenvalue weighted by Crippen LogP contribution is -2.35. The van der Waals surface area contributed by atoms with Gasteiger partial charge in [0, 0.05) is 18.5 Å². The molecule has 1 atom stereocenters. The summed E-state index contributed by atoms with van der Waals surface area (Å²) in [7, 11) is 3.07. The molecule has 0 spiro atoms. The molecule has 0 aliphatic heterocycles. The number of carbonyl (C=O) groups excluding carboxylic acids is 1. The maximum Gasteiger partial charge on any atom is 0.407 e. The van der Waals surface area contributed by atoms with Gasteiger partial charge < -0.3 is 24.6 Å². The van der Waals surface area contributed by atoms with Crippen LogP contribution in [0.3, 0.4) is 0 Å². The predicted molar refractivity (Wildman–Crippen MR) is 127 cm³/mol. The first-order valence-corrected chi connectivity index (χ1v) is 11.0. The number of alkyl carbamates (subject to hydrolysis) is 1. The van der Waals surface area contributed by atoms with Crippen molar-refractivity contribution in [3.8, 4) is 22.6 Å². The Hall–Kier alpha value is -4.00. The first-order valence-electron chi connectivity index (χ1n) is 11.0. The summed E-state index contributed by atoms with van der Waals surface area (Å²) in [5, 5.41) is 12.3. The zero-order chi connectivity index (χ0) is 24.1. The molecule has 3 aromatic rings. The van der Waals surface area contributed by atoms with Crippen molar-refractivity contribution in [1.29, 1.82) is 0 Å². The summed E-state index contributed by atoms with van der Waals surface area (Å²) >= 11 is 0. The van der Waals surface area contributed by atoms with E-state index in [1.54, 1.807) is 25.3 Å². The van der Waals surface area contributed by atoms with E-state index in [1.807, 2.05) is 36.4 Å². The van der Waals surface area contributed by atoms with Crippen molar-refractivity contribution in [3.63, 3.8) is 0 Å². The monoisotopic (exact) mass is 461 g/mol. The first-order chi connectivity index (χ1) is 16.5. The number of fused-ring (bicyclic) bond motifs is 3. The van der Waals surface area contributed by atoms with Crippen LogP contribution in [-0.2, 0) is 16.0 Å². The number of benzene rings is 3. The highest BCUT2D eigenvalue weighted by Gasteiger charge is 2.29. The number of rotatable bonds is 9. The molecule has 0 heterocycles. The van der Waals surface area contributed by atoms with Gasteiger partial charge in [0.2, 0.25) is 0 Å². The highest BCUT2D eigenvalue weighted by molar-refractivity contribution is 5.79. The van der Waals surface area contributed by atoms with Gasteiger partial charge in [0.05, 0.1) is 20.1 Å². The van der Waals surface area contributed by atoms with Crippen molar-refractivity contribution in [2.75, 3.05) is 27.4 Å². The summed E-state index contributed by atoms with van der Waals surface area (Å²) < 4.78 is 16.1. The molecule has 0 radical (unpaired) electrons. The van der Waals surface area contributed by atoms with Crippen molar-refractivity contribution in [2.24, 2.45) is 5.92 Å². The second-order valence-electron chi connectivity index (χ2n) is 8.12. The van der Waals surface area contributed by atoms with E-state index in [2.05, 4.69) is 17.4 Å². The smallest absolute Gasteiger partial charge is 0.407 e. The predicted octanol–water partition coefficient (Wildman–Crippen LogP) is 4.49. The minimum atomic E-state index is -1.02. The van der Waals surface area contributed by atoms with Gasteiger partial charge in [-0.25, -0.2) is 4.79 Å². The van der Waals surface area contributed by atoms with Crippen LogP contribution in [0, 0.1) is 5.92 Å². The van der Waals surface area contributed by atoms with Crippen LogP contribution in [0.1, 0.15) is 22.6 Å². The number of methoxy groups -OCH3 is 2. The molecule has 0 saturated heterocycles. The van der Waals surface area contributed by atoms with Crippen LogP contribution in [0.15, 0.2) is 66.7 Å². The van der Waals surface area contributed by atoms with Gasteiger partial charge >= 0.3 is 12.1 Å². The number of carbonyl (C=O) groups is 2. The van der Waals surface area contributed by atoms with Crippen LogP contribution in [0.25, 0.3) is 11.1 Å². The number of carboxylic acids is 1. The molecule has 3 aromatic carbocycles. The Kier molecular flexibility index (Phi) is 7.01. The molecule has 2 N–H and O–H groups in total. The van der Waals surface area contributed by atoms with E-state index >= 15 is 0 Å². The number of aliphatic carboxylic acids is 1. The fraction of sp³-hybridized carbons (Fsp3) is 0.259. The second-order valence-corrected chi connectivity index (χ2v) is 8.12. The molecule has 7 nitrogen and oxygen atoms in total. The molecular formula is C27H27NO6. The average Bonchev–Trinajstić information content (AvgIpc) is 3.18. The number of carboxylic acid groups (broad SMARTS) is 1. The SMILES string of the molecule is COc1ccc(C[C@@H](CNC(=O)OCC2c3ccccc3-c3ccccc32)C(=O)O)c(OC)c1. The molecular weight excluding hydrogens is 434 g/mol. The lowest BCUT2D eigenvalue weighted by atomic mass is 9.98. The van der Waals surface area contributed by atoms with Gasteiger partial charge in [-0.2, -0.15) is 0 Å². The second kappa shape index (κ2) is 10.3. The van der Waals surface area contributed by atoms with Crippen LogP contribution >= 0.6 is 0 Å². The molecule has 1 aliphatic rings. The first kappa shape index (κ1) is 23.2. The average molecular weight is 462 g/mol. The minimum Gasteiger partial charge on any atom is -0.497 e. The van der Waals surface area contributed by atoms with Gasteiger partial charge in [-0.05, 0) is 40.3 Å². The van der Waals surface area contributed by atoms with Gasteiger partial charge in [0.1, 0.15) is 18.1 Å². The topological polar surface area (TPSA) is 94.1 Å². The summed E-state index contributed by atoms with van der Waals surface area (Å²) in [6.45, 7) is 0.102. The molecule has 0 fully saturated rings. The molecule has 1 amide bonds. The van der Waals surface area contributed by atoms with E-state index in [1.165, 1.54) is 7.11 Å². The number of amides is 1. The van der Waals surface area contributed by atoms with E-state index in [-0.39, 0.29) is 25.5 Å². The molecule has 0 saturated carbocycles. The minimum absolute atomic E-state index is 0.0584. The van der Waals surface area contributed by atoms with Gasteiger partial charge in [0.25, 0.3) is 0 Å². The van der Waals surface area contributed by atoms with Crippen molar-refractivity contribution in [3.05, 3.63) is 83.4 Å². The van der Waals surface area contributed by atoms with Crippen molar-refractivity contribution < 1.29 is 28.9 Å². The molecule has 1 aliphatic carbocycles. The Balaban J connectivity index is 1.37. The Labute approximate surface area is 198 Å². The van der Waals surface area contributed by atoms with Gasteiger partial charge in [-0.15, -0.1) is 0 Å². The summed E-state index contributed by atoms with van der Waals surface area (Å²) in [5.41, 5.74) is 5.24. The molecule has 0 unspecified atom stereocenters. The van der Waals surface area contributed by atoms with E-state index < -0.39 is 18.0 Å². The van der Waals surface area contributed by atoms with Gasteiger partial charge in [-0.1, -0.05) is 54.6 Å². The standard InChI is InChI=1S/C27H27NO6/c1-32-19-12-11-17(25(14-19)33-2)13-18(26(29)30)15-28-27(31)34-16-24-22-9-5-3-7-20(22)21-8-4-6-10-23(21)24/h3-12,14,18,24H,13,15-16H2,1-2H3,(H,28,31)(H,29,30)/t18-/m0/s1. The number of ether oxygens (including phenoxy) is 3. The van der Waals surface area contributed by atoms with Crippen LogP contribution in [0.2, 0.25) is 0 Å². The molecule has 0 aromatic heterocycles. The Morgan fingerprint density at radius 1 is 0.941 bits per heavy atom. The van der Waals surface area contributed by atoms with Crippen molar-refractivity contribution in [1.82, 2.24) is 5.32 Å². The summed E-state index contributed by atoms with van der Waals surface area (Å²) in [6, 6.07) is 21.4. The summed E-state index contributed by atoms with van der Waals surface area (Å²) in [5.74, 6) is -0.771. The van der Waals surface area contributed by atoms with Crippen molar-refractivity contribution >= 4 is 12.1 Å². The van der Waals surface area contributed by atoms with Crippen molar-refractivity contribution in [2.45, 2.75) is 12.3 Å². The third-order valence-electron chi connectivity index (χ3n) is 6.15. The van der Waals surface area contributed by atoms with Gasteiger partial charge in [0.15, 0.2) is 0 Å². The zero-order valence-electron chi connectivity index (χ0n) is 19.1. The lowest BCUT2D eigenvalue weighted by molar-refractivity contribution is -0.141. The third kappa shape index (κ3) is 4.83. The van der Waals surface area contributed by atoms with E-state index in [0.717, 1.165) is 22.3 Å². The number of hydrogen-bond acceptors (Lipinski definition) is 5. The van der Waals surface area contributed by atoms with Crippen LogP contribution in [0.4, 0.5) is 4.79 Å². The van der Waals surface area contributed by atoms with Crippen LogP contribution in [-0.4, -0.2) is 44.5 Å². The fourth-order valence-corrected chi connectivity index (χ4v) is 4.39. The molecule has 176 valence electrons. The van der Waals surface area contributed by atoms with Gasteiger partial charge in [-0.3, -0.25) is 4.79 Å². The molecule has 7 heteroatoms. The lowest BCUT2D eigenvalue weighted by Gasteiger charge is -2.17. The van der Waals surface area contributed by atoms with E-state index in [4.69, 9.17) is 14.2 Å². The quantitative estimate of drug-likeness (QED) is 0.488. The Morgan fingerprint density at radius 2 is 1.59 bits per heavy atom. The van der Waals surface area contributed by atoms with E-state index in [0.29, 0.717) is 17.1 Å².